The SMILES string of the molecule is COC(=O)Oc1cccc2c(Sc3ccccc3N3CCNCC3)c[nH]c12. The van der Waals surface area contributed by atoms with Gasteiger partial charge in [0.15, 0.2) is 5.75 Å². The zero-order valence-corrected chi connectivity index (χ0v) is 15.8. The summed E-state index contributed by atoms with van der Waals surface area (Å²) >= 11 is 1.71. The number of ether oxygens (including phenoxy) is 2. The largest absolute Gasteiger partial charge is 0.513 e. The summed E-state index contributed by atoms with van der Waals surface area (Å²) < 4.78 is 9.84. The molecule has 0 unspecified atom stereocenters. The Bertz CT molecular complexity index is 951. The zero-order chi connectivity index (χ0) is 18.6. The Labute approximate surface area is 161 Å². The summed E-state index contributed by atoms with van der Waals surface area (Å²) in [5.74, 6) is 0.460. The van der Waals surface area contributed by atoms with Crippen LogP contribution in [0.25, 0.3) is 10.9 Å². The molecule has 3 aromatic rings. The molecule has 0 bridgehead atoms. The van der Waals surface area contributed by atoms with Gasteiger partial charge < -0.3 is 24.7 Å². The fraction of sp³-hybridized carbons (Fsp3) is 0.250. The van der Waals surface area contributed by atoms with Crippen molar-refractivity contribution in [2.24, 2.45) is 0 Å². The Morgan fingerprint density at radius 1 is 1.07 bits per heavy atom. The van der Waals surface area contributed by atoms with E-state index in [0.717, 1.165) is 42.0 Å². The molecule has 1 fully saturated rings. The summed E-state index contributed by atoms with van der Waals surface area (Å²) in [5, 5.41) is 4.41. The molecule has 1 aliphatic heterocycles. The number of hydrogen-bond donors (Lipinski definition) is 2. The first kappa shape index (κ1) is 17.8. The summed E-state index contributed by atoms with van der Waals surface area (Å²) in [7, 11) is 1.30. The summed E-state index contributed by atoms with van der Waals surface area (Å²) in [5.41, 5.74) is 2.03. The monoisotopic (exact) mass is 383 g/mol. The number of hydrogen-bond acceptors (Lipinski definition) is 6. The molecule has 1 saturated heterocycles. The highest BCUT2D eigenvalue weighted by atomic mass is 32.2. The van der Waals surface area contributed by atoms with Crippen LogP contribution in [0.3, 0.4) is 0 Å². The summed E-state index contributed by atoms with van der Waals surface area (Å²) in [6.45, 7) is 4.01. The number of benzene rings is 2. The molecule has 0 atom stereocenters. The van der Waals surface area contributed by atoms with Gasteiger partial charge in [-0.3, -0.25) is 0 Å². The standard InChI is InChI=1S/C20H21N3O3S/c1-25-20(24)26-16-7-4-5-14-18(13-22-19(14)16)27-17-8-3-2-6-15(17)23-11-9-21-10-12-23/h2-8,13,21-22H,9-12H2,1H3. The second kappa shape index (κ2) is 7.94. The molecule has 27 heavy (non-hydrogen) atoms. The molecule has 0 saturated carbocycles. The molecule has 4 rings (SSSR count). The van der Waals surface area contributed by atoms with Gasteiger partial charge in [-0.15, -0.1) is 0 Å². The van der Waals surface area contributed by atoms with E-state index in [1.807, 2.05) is 18.3 Å². The van der Waals surface area contributed by atoms with Gasteiger partial charge in [0.25, 0.3) is 0 Å². The minimum absolute atomic E-state index is 0.460. The van der Waals surface area contributed by atoms with Crippen LogP contribution in [-0.4, -0.2) is 44.4 Å². The quantitative estimate of drug-likeness (QED) is 0.527. The normalized spacial score (nSPS) is 14.3. The Morgan fingerprint density at radius 3 is 2.70 bits per heavy atom. The number of rotatable bonds is 4. The molecule has 2 aromatic carbocycles. The number of anilines is 1. The van der Waals surface area contributed by atoms with Gasteiger partial charge in [0.1, 0.15) is 0 Å². The Kier molecular flexibility index (Phi) is 5.22. The molecule has 2 N–H and O–H groups in total. The molecule has 0 amide bonds. The van der Waals surface area contributed by atoms with E-state index in [-0.39, 0.29) is 0 Å². The topological polar surface area (TPSA) is 66.6 Å². The second-order valence-electron chi connectivity index (χ2n) is 6.19. The number of carbonyl (C=O) groups excluding carboxylic acids is 1. The molecule has 0 aliphatic carbocycles. The maximum Gasteiger partial charge on any atom is 0.513 e. The van der Waals surface area contributed by atoms with Gasteiger partial charge in [0.2, 0.25) is 0 Å². The Balaban J connectivity index is 1.65. The molecule has 7 heteroatoms. The number of carbonyl (C=O) groups is 1. The van der Waals surface area contributed by atoms with Crippen molar-refractivity contribution in [2.75, 3.05) is 38.2 Å². The third-order valence-corrected chi connectivity index (χ3v) is 5.66. The third kappa shape index (κ3) is 3.74. The number of fused-ring (bicyclic) bond motifs is 1. The number of nitrogens with one attached hydrogen (secondary N) is 2. The summed E-state index contributed by atoms with van der Waals surface area (Å²) in [6, 6.07) is 14.1. The number of methoxy groups -OCH3 is 1. The zero-order valence-electron chi connectivity index (χ0n) is 15.0. The molecule has 0 radical (unpaired) electrons. The maximum atomic E-state index is 11.5. The van der Waals surface area contributed by atoms with Crippen LogP contribution in [-0.2, 0) is 4.74 Å². The van der Waals surface area contributed by atoms with Crippen LogP contribution < -0.4 is 15.0 Å². The number of piperazine rings is 1. The lowest BCUT2D eigenvalue weighted by molar-refractivity contribution is 0.122. The van der Waals surface area contributed by atoms with Crippen molar-refractivity contribution in [3.63, 3.8) is 0 Å². The second-order valence-corrected chi connectivity index (χ2v) is 7.28. The number of para-hydroxylation sites is 2. The molecule has 1 aliphatic rings. The van der Waals surface area contributed by atoms with Crippen molar-refractivity contribution in [2.45, 2.75) is 9.79 Å². The van der Waals surface area contributed by atoms with E-state index < -0.39 is 6.16 Å². The fourth-order valence-electron chi connectivity index (χ4n) is 3.23. The number of nitrogens with zero attached hydrogens (tertiary/aromatic N) is 1. The van der Waals surface area contributed by atoms with Gasteiger partial charge in [0, 0.05) is 47.6 Å². The Hall–Kier alpha value is -2.64. The lowest BCUT2D eigenvalue weighted by Gasteiger charge is -2.30. The highest BCUT2D eigenvalue weighted by Gasteiger charge is 2.17. The van der Waals surface area contributed by atoms with Crippen LogP contribution in [0.15, 0.2) is 58.5 Å². The molecule has 1 aromatic heterocycles. The molecule has 0 spiro atoms. The van der Waals surface area contributed by atoms with Gasteiger partial charge in [-0.25, -0.2) is 4.79 Å². The fourth-order valence-corrected chi connectivity index (χ4v) is 4.31. The number of aromatic nitrogens is 1. The smallest absolute Gasteiger partial charge is 0.437 e. The highest BCUT2D eigenvalue weighted by Crippen LogP contribution is 2.40. The average Bonchev–Trinajstić information content (AvgIpc) is 3.13. The average molecular weight is 383 g/mol. The van der Waals surface area contributed by atoms with Crippen molar-refractivity contribution in [1.29, 1.82) is 0 Å². The van der Waals surface area contributed by atoms with Gasteiger partial charge in [0.05, 0.1) is 18.3 Å². The lowest BCUT2D eigenvalue weighted by Crippen LogP contribution is -2.43. The van der Waals surface area contributed by atoms with Crippen molar-refractivity contribution in [3.8, 4) is 5.75 Å². The predicted molar refractivity (Wildman–Crippen MR) is 107 cm³/mol. The number of aromatic amines is 1. The molecular formula is C20H21N3O3S. The first-order valence-corrected chi connectivity index (χ1v) is 9.66. The molecule has 6 nitrogen and oxygen atoms in total. The van der Waals surface area contributed by atoms with E-state index in [9.17, 15) is 4.79 Å². The summed E-state index contributed by atoms with van der Waals surface area (Å²) in [6.07, 6.45) is 1.23. The van der Waals surface area contributed by atoms with Crippen molar-refractivity contribution in [1.82, 2.24) is 10.3 Å². The minimum atomic E-state index is -0.727. The van der Waals surface area contributed by atoms with Crippen LogP contribution in [0.4, 0.5) is 10.5 Å². The van der Waals surface area contributed by atoms with Crippen LogP contribution in [0.1, 0.15) is 0 Å². The molecular weight excluding hydrogens is 362 g/mol. The summed E-state index contributed by atoms with van der Waals surface area (Å²) in [4.78, 5) is 19.4. The van der Waals surface area contributed by atoms with E-state index in [0.29, 0.717) is 5.75 Å². The van der Waals surface area contributed by atoms with E-state index >= 15 is 0 Å². The number of H-pyrrole nitrogens is 1. The van der Waals surface area contributed by atoms with Crippen LogP contribution in [0, 0.1) is 0 Å². The molecule has 2 heterocycles. The van der Waals surface area contributed by atoms with Crippen molar-refractivity contribution < 1.29 is 14.3 Å². The first-order chi connectivity index (χ1) is 13.3. The van der Waals surface area contributed by atoms with Gasteiger partial charge >= 0.3 is 6.16 Å². The van der Waals surface area contributed by atoms with E-state index in [1.165, 1.54) is 17.7 Å². The lowest BCUT2D eigenvalue weighted by atomic mass is 10.2. The van der Waals surface area contributed by atoms with E-state index in [2.05, 4.69) is 44.2 Å². The predicted octanol–water partition coefficient (Wildman–Crippen LogP) is 3.87. The maximum absolute atomic E-state index is 11.5. The third-order valence-electron chi connectivity index (χ3n) is 4.54. The van der Waals surface area contributed by atoms with Crippen molar-refractivity contribution in [3.05, 3.63) is 48.7 Å². The Morgan fingerprint density at radius 2 is 1.89 bits per heavy atom. The van der Waals surface area contributed by atoms with Crippen LogP contribution in [0.5, 0.6) is 5.75 Å². The first-order valence-electron chi connectivity index (χ1n) is 8.84. The highest BCUT2D eigenvalue weighted by molar-refractivity contribution is 7.99. The van der Waals surface area contributed by atoms with Crippen molar-refractivity contribution >= 4 is 34.5 Å². The van der Waals surface area contributed by atoms with Gasteiger partial charge in [-0.1, -0.05) is 36.0 Å². The van der Waals surface area contributed by atoms with E-state index in [4.69, 9.17) is 4.74 Å². The van der Waals surface area contributed by atoms with Gasteiger partial charge in [-0.2, -0.15) is 0 Å². The van der Waals surface area contributed by atoms with Gasteiger partial charge in [-0.05, 0) is 18.2 Å². The minimum Gasteiger partial charge on any atom is -0.437 e. The van der Waals surface area contributed by atoms with Crippen LogP contribution in [0.2, 0.25) is 0 Å². The van der Waals surface area contributed by atoms with Crippen LogP contribution >= 0.6 is 11.8 Å². The molecule has 140 valence electrons. The van der Waals surface area contributed by atoms with E-state index in [1.54, 1.807) is 17.8 Å².